The zero-order valence-electron chi connectivity index (χ0n) is 20.0. The lowest BCUT2D eigenvalue weighted by molar-refractivity contribution is -0.139. The van der Waals surface area contributed by atoms with Gasteiger partial charge >= 0.3 is 5.97 Å². The smallest absolute Gasteiger partial charge is 0.317 e. The average molecular weight is 478 g/mol. The number of benzene rings is 2. The third kappa shape index (κ3) is 4.97. The van der Waals surface area contributed by atoms with E-state index in [4.69, 9.17) is 16.1 Å². The summed E-state index contributed by atoms with van der Waals surface area (Å²) in [5.41, 5.74) is 8.20. The van der Waals surface area contributed by atoms with Gasteiger partial charge in [0.2, 0.25) is 5.91 Å². The molecule has 0 spiro atoms. The second-order valence-electron chi connectivity index (χ2n) is 9.01. The number of carbonyl (C=O) groups is 2. The number of amides is 1. The number of imidazole rings is 1. The highest BCUT2D eigenvalue weighted by Crippen LogP contribution is 2.29. The summed E-state index contributed by atoms with van der Waals surface area (Å²) in [5, 5.41) is 23.1. The van der Waals surface area contributed by atoms with Gasteiger partial charge in [-0.2, -0.15) is 0 Å². The Hall–Kier alpha value is -3.92. The molecule has 0 radical (unpaired) electrons. The van der Waals surface area contributed by atoms with E-state index in [0.29, 0.717) is 30.8 Å². The number of hydrogen-bond donors (Lipinski definition) is 5. The summed E-state index contributed by atoms with van der Waals surface area (Å²) >= 11 is 0. The number of aromatic nitrogens is 2. The van der Waals surface area contributed by atoms with Gasteiger partial charge in [-0.05, 0) is 61.7 Å². The lowest BCUT2D eigenvalue weighted by Gasteiger charge is -2.33. The minimum atomic E-state index is -1.18. The van der Waals surface area contributed by atoms with Crippen molar-refractivity contribution in [2.75, 3.05) is 25.0 Å². The first-order valence-electron chi connectivity index (χ1n) is 11.6. The van der Waals surface area contributed by atoms with Crippen molar-refractivity contribution >= 4 is 34.4 Å². The molecule has 1 aliphatic rings. The molecule has 10 nitrogen and oxygen atoms in total. The summed E-state index contributed by atoms with van der Waals surface area (Å²) in [6.07, 6.45) is 1.90. The number of carbonyl (C=O) groups excluding carboxylic acids is 1. The topological polar surface area (TPSA) is 149 Å². The Morgan fingerprint density at radius 1 is 1.17 bits per heavy atom. The highest BCUT2D eigenvalue weighted by Gasteiger charge is 2.39. The van der Waals surface area contributed by atoms with Crippen LogP contribution in [0.2, 0.25) is 0 Å². The van der Waals surface area contributed by atoms with Crippen LogP contribution in [0.3, 0.4) is 0 Å². The Morgan fingerprint density at radius 3 is 2.49 bits per heavy atom. The Bertz CT molecular complexity index is 1260. The zero-order chi connectivity index (χ0) is 25.2. The number of nitrogens with two attached hydrogens (primary N) is 1. The number of nitrogens with zero attached hydrogens (tertiary/aromatic N) is 3. The Morgan fingerprint density at radius 2 is 1.86 bits per heavy atom. The molecule has 2 heterocycles. The molecule has 1 unspecified atom stereocenters. The molecular weight excluding hydrogens is 446 g/mol. The molecule has 10 heteroatoms. The molecule has 0 saturated carbocycles. The van der Waals surface area contributed by atoms with E-state index in [1.165, 1.54) is 0 Å². The Balaban J connectivity index is 1.60. The van der Waals surface area contributed by atoms with Gasteiger partial charge in [0.25, 0.3) is 0 Å². The highest BCUT2D eigenvalue weighted by molar-refractivity contribution is 5.95. The number of rotatable bonds is 9. The first-order chi connectivity index (χ1) is 16.7. The molecule has 0 bridgehead atoms. The molecule has 6 N–H and O–H groups in total. The van der Waals surface area contributed by atoms with Crippen LogP contribution in [0.15, 0.2) is 42.5 Å². The number of fused-ring (bicyclic) bond motifs is 1. The highest BCUT2D eigenvalue weighted by atomic mass is 16.4. The lowest BCUT2D eigenvalue weighted by Crippen LogP contribution is -2.54. The van der Waals surface area contributed by atoms with E-state index >= 15 is 0 Å². The molecule has 35 heavy (non-hydrogen) atoms. The standard InChI is InChI=1S/C25H31N7O3/c1-25(29-15-22(33)34,24(35)32-11-3-4-12-32)17-7-10-20-19(13-17)30-21(31(20)2)14-28-18-8-5-16(6-9-18)23(26)27/h5-10,13,28-29H,3-4,11-12,14-15H2,1-2H3,(H3,26,27)(H,33,34). The average Bonchev–Trinajstić information content (AvgIpc) is 3.49. The Kier molecular flexibility index (Phi) is 6.74. The fraction of sp³-hybridized carbons (Fsp3) is 0.360. The van der Waals surface area contributed by atoms with Gasteiger partial charge in [0.15, 0.2) is 0 Å². The van der Waals surface area contributed by atoms with Crippen LogP contribution in [0.5, 0.6) is 0 Å². The molecule has 1 aromatic heterocycles. The van der Waals surface area contributed by atoms with Gasteiger partial charge in [0.1, 0.15) is 17.2 Å². The van der Waals surface area contributed by atoms with Crippen LogP contribution in [-0.2, 0) is 28.7 Å². The summed E-state index contributed by atoms with van der Waals surface area (Å²) in [4.78, 5) is 31.3. The Labute approximate surface area is 203 Å². The second kappa shape index (κ2) is 9.75. The molecule has 0 aliphatic carbocycles. The molecule has 1 saturated heterocycles. The van der Waals surface area contributed by atoms with Crippen molar-refractivity contribution in [1.82, 2.24) is 19.8 Å². The van der Waals surface area contributed by atoms with Crippen molar-refractivity contribution < 1.29 is 14.7 Å². The van der Waals surface area contributed by atoms with E-state index in [9.17, 15) is 14.7 Å². The van der Waals surface area contributed by atoms with E-state index < -0.39 is 11.5 Å². The summed E-state index contributed by atoms with van der Waals surface area (Å²) in [7, 11) is 1.93. The first kappa shape index (κ1) is 24.2. The van der Waals surface area contributed by atoms with Crippen LogP contribution >= 0.6 is 0 Å². The van der Waals surface area contributed by atoms with Crippen LogP contribution in [0.4, 0.5) is 5.69 Å². The molecule has 2 aromatic carbocycles. The fourth-order valence-corrected chi connectivity index (χ4v) is 4.46. The number of carboxylic acids is 1. The lowest BCUT2D eigenvalue weighted by atomic mass is 9.89. The van der Waals surface area contributed by atoms with Gasteiger partial charge in [-0.15, -0.1) is 0 Å². The van der Waals surface area contributed by atoms with E-state index in [-0.39, 0.29) is 18.3 Å². The van der Waals surface area contributed by atoms with Gasteiger partial charge < -0.3 is 25.6 Å². The number of anilines is 1. The van der Waals surface area contributed by atoms with Gasteiger partial charge in [-0.3, -0.25) is 20.3 Å². The van der Waals surface area contributed by atoms with Gasteiger partial charge in [0.05, 0.1) is 24.1 Å². The van der Waals surface area contributed by atoms with E-state index in [0.717, 1.165) is 35.4 Å². The quantitative estimate of drug-likeness (QED) is 0.234. The molecule has 4 rings (SSSR count). The van der Waals surface area contributed by atoms with Gasteiger partial charge in [0, 0.05) is 31.4 Å². The van der Waals surface area contributed by atoms with Crippen molar-refractivity contribution in [3.8, 4) is 0 Å². The summed E-state index contributed by atoms with van der Waals surface area (Å²) in [6.45, 7) is 3.25. The minimum absolute atomic E-state index is 0.0239. The first-order valence-corrected chi connectivity index (χ1v) is 11.6. The number of nitrogen functional groups attached to an aromatic ring is 1. The zero-order valence-corrected chi connectivity index (χ0v) is 20.0. The molecule has 1 amide bonds. The number of aliphatic carboxylic acids is 1. The fourth-order valence-electron chi connectivity index (χ4n) is 4.46. The van der Waals surface area contributed by atoms with Crippen LogP contribution in [-0.4, -0.2) is 56.9 Å². The monoisotopic (exact) mass is 477 g/mol. The maximum atomic E-state index is 13.4. The number of hydrogen-bond acceptors (Lipinski definition) is 6. The summed E-state index contributed by atoms with van der Waals surface area (Å²) < 4.78 is 1.99. The van der Waals surface area contributed by atoms with Crippen LogP contribution in [0.1, 0.15) is 36.7 Å². The summed E-state index contributed by atoms with van der Waals surface area (Å²) in [6, 6.07) is 12.9. The van der Waals surface area contributed by atoms with Crippen molar-refractivity contribution in [3.05, 3.63) is 59.4 Å². The summed E-state index contributed by atoms with van der Waals surface area (Å²) in [5.74, 6) is -0.314. The second-order valence-corrected chi connectivity index (χ2v) is 9.01. The largest absolute Gasteiger partial charge is 0.480 e. The molecule has 184 valence electrons. The SMILES string of the molecule is Cn1c(CNc2ccc(C(=N)N)cc2)nc2cc(C(C)(NCC(=O)O)C(=O)N3CCCC3)ccc21. The maximum Gasteiger partial charge on any atom is 0.317 e. The number of likely N-dealkylation sites (tertiary alicyclic amines) is 1. The van der Waals surface area contributed by atoms with Crippen LogP contribution in [0.25, 0.3) is 11.0 Å². The van der Waals surface area contributed by atoms with Crippen molar-refractivity contribution in [3.63, 3.8) is 0 Å². The predicted octanol–water partition coefficient (Wildman–Crippen LogP) is 1.98. The molecule has 1 aliphatic heterocycles. The van der Waals surface area contributed by atoms with E-state index in [2.05, 4.69) is 10.6 Å². The van der Waals surface area contributed by atoms with E-state index in [1.807, 2.05) is 41.9 Å². The normalized spacial score (nSPS) is 15.2. The predicted molar refractivity (Wildman–Crippen MR) is 134 cm³/mol. The molecule has 1 fully saturated rings. The third-order valence-corrected chi connectivity index (χ3v) is 6.61. The maximum absolute atomic E-state index is 13.4. The minimum Gasteiger partial charge on any atom is -0.480 e. The van der Waals surface area contributed by atoms with E-state index in [1.54, 1.807) is 24.0 Å². The molecule has 1 atom stereocenters. The van der Waals surface area contributed by atoms with Crippen molar-refractivity contribution in [1.29, 1.82) is 5.41 Å². The van der Waals surface area contributed by atoms with Gasteiger partial charge in [-0.1, -0.05) is 6.07 Å². The van der Waals surface area contributed by atoms with Crippen molar-refractivity contribution in [2.24, 2.45) is 12.8 Å². The third-order valence-electron chi connectivity index (χ3n) is 6.61. The van der Waals surface area contributed by atoms with Crippen LogP contribution < -0.4 is 16.4 Å². The number of aryl methyl sites for hydroxylation is 1. The number of nitrogens with one attached hydrogen (secondary N) is 3. The van der Waals surface area contributed by atoms with Gasteiger partial charge in [-0.25, -0.2) is 4.98 Å². The number of amidine groups is 1. The molecule has 3 aromatic rings. The van der Waals surface area contributed by atoms with Crippen molar-refractivity contribution in [2.45, 2.75) is 31.8 Å². The molecular formula is C25H31N7O3. The number of carboxylic acid groups (broad SMARTS) is 1. The van der Waals surface area contributed by atoms with Crippen LogP contribution in [0, 0.1) is 5.41 Å².